The molecule has 0 aliphatic heterocycles. The van der Waals surface area contributed by atoms with Gasteiger partial charge in [0.15, 0.2) is 0 Å². The van der Waals surface area contributed by atoms with Crippen LogP contribution in [0, 0.1) is 11.6 Å². The number of carboxylic acids is 1. The second kappa shape index (κ2) is 5.54. The third kappa shape index (κ3) is 3.01. The van der Waals surface area contributed by atoms with Crippen LogP contribution in [0.15, 0.2) is 12.1 Å². The minimum absolute atomic E-state index is 0.399. The van der Waals surface area contributed by atoms with Gasteiger partial charge in [-0.25, -0.2) is 13.6 Å². The lowest BCUT2D eigenvalue weighted by Crippen LogP contribution is -2.27. The molecule has 0 saturated carbocycles. The molecule has 1 amide bonds. The summed E-state index contributed by atoms with van der Waals surface area (Å²) in [5.74, 6) is -4.49. The average molecular weight is 259 g/mol. The van der Waals surface area contributed by atoms with Crippen molar-refractivity contribution in [1.82, 2.24) is 0 Å². The normalized spacial score (nSPS) is 12.0. The molecule has 1 aromatic carbocycles. The lowest BCUT2D eigenvalue weighted by Gasteiger charge is -2.11. The predicted octanol–water partition coefficient (Wildman–Crippen LogP) is 1.64. The number of amides is 1. The number of rotatable bonds is 4. The topological polar surface area (TPSA) is 75.6 Å². The fourth-order valence-corrected chi connectivity index (χ4v) is 1.15. The Kier molecular flexibility index (Phi) is 4.33. The maximum absolute atomic E-state index is 13.3. The van der Waals surface area contributed by atoms with Crippen LogP contribution in [0.4, 0.5) is 14.5 Å². The summed E-state index contributed by atoms with van der Waals surface area (Å²) >= 11 is 0. The molecule has 1 unspecified atom stereocenters. The van der Waals surface area contributed by atoms with Crippen LogP contribution in [-0.4, -0.2) is 30.2 Å². The summed E-state index contributed by atoms with van der Waals surface area (Å²) < 4.78 is 31.1. The van der Waals surface area contributed by atoms with Crippen LogP contribution in [0.5, 0.6) is 0 Å². The minimum Gasteiger partial charge on any atom is -0.478 e. The fourth-order valence-electron chi connectivity index (χ4n) is 1.15. The molecule has 0 bridgehead atoms. The molecule has 0 radical (unpaired) electrons. The van der Waals surface area contributed by atoms with E-state index >= 15 is 0 Å². The van der Waals surface area contributed by atoms with Crippen molar-refractivity contribution >= 4 is 17.6 Å². The van der Waals surface area contributed by atoms with E-state index in [0.717, 1.165) is 0 Å². The molecule has 18 heavy (non-hydrogen) atoms. The standard InChI is InChI=1S/C11H11F2NO4/c1-5(18-2)10(15)14-9-3-6(11(16)17)7(12)4-8(9)13/h3-5H,1-2H3,(H,14,15)(H,16,17). The highest BCUT2D eigenvalue weighted by Crippen LogP contribution is 2.20. The number of benzene rings is 1. The zero-order valence-electron chi connectivity index (χ0n) is 9.66. The molecule has 1 aromatic rings. The molecule has 0 fully saturated rings. The molecule has 0 heterocycles. The number of carboxylic acid groups (broad SMARTS) is 1. The molecule has 2 N–H and O–H groups in total. The van der Waals surface area contributed by atoms with E-state index in [-0.39, 0.29) is 0 Å². The smallest absolute Gasteiger partial charge is 0.338 e. The Labute approximate surface area is 101 Å². The average Bonchev–Trinajstić information content (AvgIpc) is 2.30. The summed E-state index contributed by atoms with van der Waals surface area (Å²) in [6, 6.07) is 1.11. The first-order chi connectivity index (χ1) is 8.36. The third-order valence-electron chi connectivity index (χ3n) is 2.27. The van der Waals surface area contributed by atoms with Gasteiger partial charge in [0.05, 0.1) is 11.3 Å². The van der Waals surface area contributed by atoms with Gasteiger partial charge in [0.25, 0.3) is 5.91 Å². The van der Waals surface area contributed by atoms with Crippen LogP contribution in [0.1, 0.15) is 17.3 Å². The van der Waals surface area contributed by atoms with Crippen molar-refractivity contribution in [3.63, 3.8) is 0 Å². The molecule has 0 aliphatic rings. The fraction of sp³-hybridized carbons (Fsp3) is 0.273. The summed E-state index contributed by atoms with van der Waals surface area (Å²) in [7, 11) is 1.29. The van der Waals surface area contributed by atoms with Gasteiger partial charge in [0.2, 0.25) is 0 Å². The Morgan fingerprint density at radius 3 is 2.44 bits per heavy atom. The highest BCUT2D eigenvalue weighted by atomic mass is 19.1. The van der Waals surface area contributed by atoms with E-state index < -0.39 is 40.9 Å². The van der Waals surface area contributed by atoms with Gasteiger partial charge in [0, 0.05) is 13.2 Å². The van der Waals surface area contributed by atoms with Crippen molar-refractivity contribution in [3.8, 4) is 0 Å². The molecule has 0 spiro atoms. The molecule has 0 aliphatic carbocycles. The Hall–Kier alpha value is -2.02. The van der Waals surface area contributed by atoms with E-state index in [1.165, 1.54) is 14.0 Å². The first-order valence-corrected chi connectivity index (χ1v) is 4.92. The molecule has 0 aromatic heterocycles. The number of hydrogen-bond donors (Lipinski definition) is 2. The van der Waals surface area contributed by atoms with Gasteiger partial charge in [-0.3, -0.25) is 4.79 Å². The maximum atomic E-state index is 13.3. The van der Waals surface area contributed by atoms with E-state index in [1.54, 1.807) is 0 Å². The summed E-state index contributed by atoms with van der Waals surface area (Å²) in [6.45, 7) is 1.43. The largest absolute Gasteiger partial charge is 0.478 e. The molecule has 1 rings (SSSR count). The van der Waals surface area contributed by atoms with Crippen molar-refractivity contribution in [2.75, 3.05) is 12.4 Å². The van der Waals surface area contributed by atoms with E-state index in [1.807, 2.05) is 0 Å². The van der Waals surface area contributed by atoms with E-state index in [2.05, 4.69) is 5.32 Å². The van der Waals surface area contributed by atoms with Crippen LogP contribution in [0.25, 0.3) is 0 Å². The number of nitrogens with one attached hydrogen (secondary N) is 1. The van der Waals surface area contributed by atoms with Gasteiger partial charge in [-0.05, 0) is 13.0 Å². The number of hydrogen-bond acceptors (Lipinski definition) is 3. The zero-order chi connectivity index (χ0) is 13.9. The molecule has 0 saturated heterocycles. The van der Waals surface area contributed by atoms with Gasteiger partial charge in [-0.1, -0.05) is 0 Å². The van der Waals surface area contributed by atoms with Crippen molar-refractivity contribution in [1.29, 1.82) is 0 Å². The number of carbonyl (C=O) groups is 2. The van der Waals surface area contributed by atoms with Crippen LogP contribution in [0.2, 0.25) is 0 Å². The van der Waals surface area contributed by atoms with Gasteiger partial charge in [-0.15, -0.1) is 0 Å². The van der Waals surface area contributed by atoms with Crippen LogP contribution >= 0.6 is 0 Å². The second-order valence-electron chi connectivity index (χ2n) is 3.48. The lowest BCUT2D eigenvalue weighted by atomic mass is 10.1. The number of halogens is 2. The van der Waals surface area contributed by atoms with Crippen molar-refractivity contribution in [2.45, 2.75) is 13.0 Å². The summed E-state index contributed by atoms with van der Waals surface area (Å²) in [5.41, 5.74) is -1.14. The molecule has 5 nitrogen and oxygen atoms in total. The Morgan fingerprint density at radius 1 is 1.33 bits per heavy atom. The van der Waals surface area contributed by atoms with Gasteiger partial charge in [0.1, 0.15) is 17.7 Å². The van der Waals surface area contributed by atoms with Crippen LogP contribution < -0.4 is 5.32 Å². The Bertz CT molecular complexity index is 490. The second-order valence-corrected chi connectivity index (χ2v) is 3.48. The van der Waals surface area contributed by atoms with E-state index in [4.69, 9.17) is 9.84 Å². The molecule has 98 valence electrons. The molecular weight excluding hydrogens is 248 g/mol. The number of ether oxygens (including phenoxy) is 1. The first-order valence-electron chi connectivity index (χ1n) is 4.92. The highest BCUT2D eigenvalue weighted by Gasteiger charge is 2.18. The zero-order valence-corrected chi connectivity index (χ0v) is 9.66. The van der Waals surface area contributed by atoms with Gasteiger partial charge in [-0.2, -0.15) is 0 Å². The lowest BCUT2D eigenvalue weighted by molar-refractivity contribution is -0.124. The number of aromatic carboxylic acids is 1. The monoisotopic (exact) mass is 259 g/mol. The quantitative estimate of drug-likeness (QED) is 0.861. The third-order valence-corrected chi connectivity index (χ3v) is 2.27. The molecule has 1 atom stereocenters. The Balaban J connectivity index is 3.06. The van der Waals surface area contributed by atoms with Gasteiger partial charge < -0.3 is 15.2 Å². The summed E-state index contributed by atoms with van der Waals surface area (Å²) in [5, 5.41) is 10.8. The summed E-state index contributed by atoms with van der Waals surface area (Å²) in [4.78, 5) is 22.1. The van der Waals surface area contributed by atoms with Crippen LogP contribution in [0.3, 0.4) is 0 Å². The molecule has 7 heteroatoms. The first kappa shape index (κ1) is 14.0. The van der Waals surface area contributed by atoms with Gasteiger partial charge >= 0.3 is 5.97 Å². The predicted molar refractivity (Wildman–Crippen MR) is 58.4 cm³/mol. The number of anilines is 1. The van der Waals surface area contributed by atoms with Crippen molar-refractivity contribution < 1.29 is 28.2 Å². The van der Waals surface area contributed by atoms with Crippen LogP contribution in [-0.2, 0) is 9.53 Å². The SMILES string of the molecule is COC(C)C(=O)Nc1cc(C(=O)O)c(F)cc1F. The number of methoxy groups -OCH3 is 1. The minimum atomic E-state index is -1.55. The van der Waals surface area contributed by atoms with E-state index in [9.17, 15) is 18.4 Å². The number of carbonyl (C=O) groups excluding carboxylic acids is 1. The maximum Gasteiger partial charge on any atom is 0.338 e. The molecular formula is C11H11F2NO4. The van der Waals surface area contributed by atoms with Crippen molar-refractivity contribution in [3.05, 3.63) is 29.3 Å². The Morgan fingerprint density at radius 2 is 1.94 bits per heavy atom. The summed E-state index contributed by atoms with van der Waals surface area (Å²) in [6.07, 6.45) is -0.845. The van der Waals surface area contributed by atoms with Crippen molar-refractivity contribution in [2.24, 2.45) is 0 Å². The highest BCUT2D eigenvalue weighted by molar-refractivity contribution is 5.96. The van der Waals surface area contributed by atoms with E-state index in [0.29, 0.717) is 12.1 Å².